The zero-order valence-electron chi connectivity index (χ0n) is 15.5. The minimum Gasteiger partial charge on any atom is -0.490 e. The number of rotatable bonds is 5. The average Bonchev–Trinajstić information content (AvgIpc) is 3.22. The first kappa shape index (κ1) is 20.6. The van der Waals surface area contributed by atoms with Crippen LogP contribution < -0.4 is 15.4 Å². The van der Waals surface area contributed by atoms with Gasteiger partial charge < -0.3 is 20.1 Å². The van der Waals surface area contributed by atoms with E-state index in [4.69, 9.17) is 9.47 Å². The summed E-state index contributed by atoms with van der Waals surface area (Å²) >= 11 is 0. The summed E-state index contributed by atoms with van der Waals surface area (Å²) in [6, 6.07) is 10.5. The van der Waals surface area contributed by atoms with Gasteiger partial charge in [-0.15, -0.1) is 12.4 Å². The lowest BCUT2D eigenvalue weighted by molar-refractivity contribution is 0.0673. The van der Waals surface area contributed by atoms with Crippen LogP contribution >= 0.6 is 12.4 Å². The average molecular weight is 407 g/mol. The van der Waals surface area contributed by atoms with Gasteiger partial charge in [0.25, 0.3) is 5.91 Å². The van der Waals surface area contributed by atoms with Crippen molar-refractivity contribution >= 4 is 24.0 Å². The Morgan fingerprint density at radius 1 is 1.29 bits per heavy atom. The highest BCUT2D eigenvalue weighted by Gasteiger charge is 2.21. The van der Waals surface area contributed by atoms with Gasteiger partial charge in [0.2, 0.25) is 0 Å². The molecule has 1 atom stereocenters. The monoisotopic (exact) mass is 406 g/mol. The molecule has 0 aromatic heterocycles. The van der Waals surface area contributed by atoms with Gasteiger partial charge in [-0.05, 0) is 55.1 Å². The summed E-state index contributed by atoms with van der Waals surface area (Å²) in [4.78, 5) is 12.7. The van der Waals surface area contributed by atoms with E-state index < -0.39 is 0 Å². The largest absolute Gasteiger partial charge is 0.490 e. The van der Waals surface area contributed by atoms with E-state index in [1.165, 1.54) is 0 Å². The molecule has 7 heteroatoms. The number of nitrogens with one attached hydrogen (secondary N) is 2. The minimum atomic E-state index is -0.384. The number of hydrogen-bond acceptors (Lipinski definition) is 4. The summed E-state index contributed by atoms with van der Waals surface area (Å²) < 4.78 is 26.2. The van der Waals surface area contributed by atoms with E-state index in [-0.39, 0.29) is 35.9 Å². The summed E-state index contributed by atoms with van der Waals surface area (Å²) in [5, 5.41) is 5.92. The zero-order valence-corrected chi connectivity index (χ0v) is 16.3. The van der Waals surface area contributed by atoms with Crippen molar-refractivity contribution in [3.63, 3.8) is 0 Å². The van der Waals surface area contributed by atoms with E-state index in [1.807, 2.05) is 12.1 Å². The lowest BCUT2D eigenvalue weighted by atomic mass is 9.99. The Labute approximate surface area is 170 Å². The smallest absolute Gasteiger partial charge is 0.259 e. The maximum absolute atomic E-state index is 14.8. The number of hydrogen-bond donors (Lipinski definition) is 2. The molecule has 2 aromatic rings. The van der Waals surface area contributed by atoms with Crippen molar-refractivity contribution in [2.45, 2.75) is 31.9 Å². The van der Waals surface area contributed by atoms with Gasteiger partial charge >= 0.3 is 0 Å². The van der Waals surface area contributed by atoms with Crippen molar-refractivity contribution in [3.8, 4) is 5.75 Å². The molecule has 1 fully saturated rings. The Kier molecular flexibility index (Phi) is 6.88. The SMILES string of the molecule is Cl.O=C(Nc1ccc2c(c1F)CCNC2)c1ccccc1OCC1CCCO1. The van der Waals surface area contributed by atoms with E-state index in [2.05, 4.69) is 10.6 Å². The molecule has 1 unspecified atom stereocenters. The second-order valence-electron chi connectivity index (χ2n) is 6.89. The van der Waals surface area contributed by atoms with Crippen LogP contribution in [0.1, 0.15) is 34.3 Å². The van der Waals surface area contributed by atoms with Crippen molar-refractivity contribution in [3.05, 3.63) is 58.9 Å². The molecular weight excluding hydrogens is 383 g/mol. The maximum atomic E-state index is 14.8. The Bertz CT molecular complexity index is 840. The lowest BCUT2D eigenvalue weighted by Crippen LogP contribution is -2.25. The van der Waals surface area contributed by atoms with Gasteiger partial charge in [-0.1, -0.05) is 18.2 Å². The van der Waals surface area contributed by atoms with E-state index in [9.17, 15) is 9.18 Å². The van der Waals surface area contributed by atoms with Crippen molar-refractivity contribution in [2.24, 2.45) is 0 Å². The Morgan fingerprint density at radius 2 is 2.14 bits per heavy atom. The van der Waals surface area contributed by atoms with E-state index >= 15 is 0 Å². The Hall–Kier alpha value is -2.15. The maximum Gasteiger partial charge on any atom is 0.259 e. The van der Waals surface area contributed by atoms with Gasteiger partial charge in [-0.3, -0.25) is 4.79 Å². The standard InChI is InChI=1S/C21H23FN2O3.ClH/c22-20-16-9-10-23-12-14(16)7-8-18(20)24-21(25)17-5-1-2-6-19(17)27-13-15-4-3-11-26-15;/h1-2,5-8,15,23H,3-4,9-13H2,(H,24,25);1H. The fourth-order valence-electron chi connectivity index (χ4n) is 3.56. The van der Waals surface area contributed by atoms with Crippen LogP contribution in [0.2, 0.25) is 0 Å². The molecule has 1 saturated heterocycles. The second-order valence-corrected chi connectivity index (χ2v) is 6.89. The number of para-hydroxylation sites is 1. The first-order chi connectivity index (χ1) is 13.2. The number of ether oxygens (including phenoxy) is 2. The number of halogens is 2. The predicted molar refractivity (Wildman–Crippen MR) is 108 cm³/mol. The normalized spacial score (nSPS) is 18.1. The van der Waals surface area contributed by atoms with Gasteiger partial charge in [0.15, 0.2) is 0 Å². The lowest BCUT2D eigenvalue weighted by Gasteiger charge is -2.20. The second kappa shape index (κ2) is 9.37. The number of fused-ring (bicyclic) bond motifs is 1. The third-order valence-electron chi connectivity index (χ3n) is 5.04. The van der Waals surface area contributed by atoms with Crippen molar-refractivity contribution in [1.82, 2.24) is 5.32 Å². The molecule has 0 bridgehead atoms. The van der Waals surface area contributed by atoms with Crippen molar-refractivity contribution in [2.75, 3.05) is 25.1 Å². The first-order valence-corrected chi connectivity index (χ1v) is 9.38. The summed E-state index contributed by atoms with van der Waals surface area (Å²) in [5.41, 5.74) is 2.20. The third kappa shape index (κ3) is 4.46. The minimum absolute atomic E-state index is 0. The molecule has 2 heterocycles. The molecule has 0 radical (unpaired) electrons. The van der Waals surface area contributed by atoms with Gasteiger partial charge in [0.05, 0.1) is 17.4 Å². The first-order valence-electron chi connectivity index (χ1n) is 9.38. The number of carbonyl (C=O) groups is 1. The molecule has 2 N–H and O–H groups in total. The Morgan fingerprint density at radius 3 is 2.96 bits per heavy atom. The van der Waals surface area contributed by atoms with Crippen LogP contribution in [0.25, 0.3) is 0 Å². The molecule has 2 aliphatic heterocycles. The van der Waals surface area contributed by atoms with Gasteiger partial charge in [0.1, 0.15) is 18.2 Å². The van der Waals surface area contributed by atoms with Crippen molar-refractivity contribution < 1.29 is 18.7 Å². The molecular formula is C21H24ClFN2O3. The quantitative estimate of drug-likeness (QED) is 0.794. The van der Waals surface area contributed by atoms with Gasteiger partial charge in [-0.2, -0.15) is 0 Å². The molecule has 2 aromatic carbocycles. The summed E-state index contributed by atoms with van der Waals surface area (Å²) in [6.45, 7) is 2.55. The molecule has 0 spiro atoms. The molecule has 0 saturated carbocycles. The van der Waals surface area contributed by atoms with Gasteiger partial charge in [-0.25, -0.2) is 4.39 Å². The fourth-order valence-corrected chi connectivity index (χ4v) is 3.56. The van der Waals surface area contributed by atoms with Crippen LogP contribution in [0.4, 0.5) is 10.1 Å². The van der Waals surface area contributed by atoms with Gasteiger partial charge in [0, 0.05) is 13.2 Å². The zero-order chi connectivity index (χ0) is 18.6. The topological polar surface area (TPSA) is 59.6 Å². The highest BCUT2D eigenvalue weighted by Crippen LogP contribution is 2.26. The van der Waals surface area contributed by atoms with E-state index in [1.54, 1.807) is 24.3 Å². The van der Waals surface area contributed by atoms with Crippen LogP contribution in [0.5, 0.6) is 5.75 Å². The third-order valence-corrected chi connectivity index (χ3v) is 5.04. The number of carbonyl (C=O) groups excluding carboxylic acids is 1. The number of amides is 1. The van der Waals surface area contributed by atoms with E-state index in [0.29, 0.717) is 36.4 Å². The summed E-state index contributed by atoms with van der Waals surface area (Å²) in [7, 11) is 0. The number of benzene rings is 2. The van der Waals surface area contributed by atoms with Crippen LogP contribution in [0.3, 0.4) is 0 Å². The van der Waals surface area contributed by atoms with Crippen LogP contribution in [-0.4, -0.2) is 31.8 Å². The van der Waals surface area contributed by atoms with E-state index in [0.717, 1.165) is 31.6 Å². The molecule has 150 valence electrons. The highest BCUT2D eigenvalue weighted by atomic mass is 35.5. The highest BCUT2D eigenvalue weighted by molar-refractivity contribution is 6.06. The Balaban J connectivity index is 0.00000225. The number of anilines is 1. The molecule has 1 amide bonds. The van der Waals surface area contributed by atoms with Crippen LogP contribution in [0, 0.1) is 5.82 Å². The predicted octanol–water partition coefficient (Wildman–Crippen LogP) is 3.70. The molecule has 28 heavy (non-hydrogen) atoms. The van der Waals surface area contributed by atoms with Crippen LogP contribution in [-0.2, 0) is 17.7 Å². The fraction of sp³-hybridized carbons (Fsp3) is 0.381. The molecule has 0 aliphatic carbocycles. The van der Waals surface area contributed by atoms with Crippen LogP contribution in [0.15, 0.2) is 36.4 Å². The van der Waals surface area contributed by atoms with Crippen molar-refractivity contribution in [1.29, 1.82) is 0 Å². The molecule has 2 aliphatic rings. The molecule has 4 rings (SSSR count). The summed E-state index contributed by atoms with van der Waals surface area (Å²) in [6.07, 6.45) is 2.67. The summed E-state index contributed by atoms with van der Waals surface area (Å²) in [5.74, 6) is -0.251. The molecule has 5 nitrogen and oxygen atoms in total.